The van der Waals surface area contributed by atoms with Crippen molar-refractivity contribution in [1.82, 2.24) is 19.9 Å². The van der Waals surface area contributed by atoms with Crippen molar-refractivity contribution in [2.75, 3.05) is 26.2 Å². The number of rotatable bonds is 43. The van der Waals surface area contributed by atoms with E-state index in [9.17, 15) is 14.7 Å². The van der Waals surface area contributed by atoms with E-state index in [1.54, 1.807) is 0 Å². The lowest BCUT2D eigenvalue weighted by Crippen LogP contribution is -2.28. The fourth-order valence-electron chi connectivity index (χ4n) is 7.53. The zero-order chi connectivity index (χ0) is 40.6. The Hall–Kier alpha value is -2.00. The Morgan fingerprint density at radius 1 is 0.589 bits per heavy atom. The summed E-state index contributed by atoms with van der Waals surface area (Å²) in [6, 6.07) is 0. The van der Waals surface area contributed by atoms with Gasteiger partial charge in [-0.1, -0.05) is 161 Å². The molecule has 9 heteroatoms. The molecule has 0 saturated carbocycles. The highest BCUT2D eigenvalue weighted by atomic mass is 16.5. The number of carbonyl (C=O) groups excluding carboxylic acids is 2. The number of esters is 2. The maximum Gasteiger partial charge on any atom is 0.306 e. The third kappa shape index (κ3) is 33.0. The number of carbonyl (C=O) groups is 2. The molecule has 1 unspecified atom stereocenters. The van der Waals surface area contributed by atoms with Gasteiger partial charge in [-0.2, -0.15) is 0 Å². The quantitative estimate of drug-likeness (QED) is 0.0515. The van der Waals surface area contributed by atoms with E-state index in [1.165, 1.54) is 128 Å². The van der Waals surface area contributed by atoms with Crippen LogP contribution in [0, 0.1) is 0 Å². The van der Waals surface area contributed by atoms with E-state index in [4.69, 9.17) is 9.47 Å². The SMILES string of the molecule is CCCCCCCCCOC(=O)CCCCCCCN(CCCCCCCC(=O)OC(CCCCCCC)CCCCCCCC)CCCn1cc(CO)nn1. The molecule has 0 saturated heterocycles. The number of ether oxygens (including phenoxy) is 2. The predicted octanol–water partition coefficient (Wildman–Crippen LogP) is 12.5. The molecular weight excluding hydrogens is 701 g/mol. The maximum atomic E-state index is 12.8. The van der Waals surface area contributed by atoms with Crippen LogP contribution in [0.4, 0.5) is 0 Å². The van der Waals surface area contributed by atoms with Crippen molar-refractivity contribution in [3.63, 3.8) is 0 Å². The summed E-state index contributed by atoms with van der Waals surface area (Å²) in [4.78, 5) is 27.5. The fourth-order valence-corrected chi connectivity index (χ4v) is 7.53. The van der Waals surface area contributed by atoms with Gasteiger partial charge in [-0.25, -0.2) is 0 Å². The topological polar surface area (TPSA) is 107 Å². The van der Waals surface area contributed by atoms with Crippen LogP contribution >= 0.6 is 0 Å². The van der Waals surface area contributed by atoms with Gasteiger partial charge in [0.2, 0.25) is 0 Å². The first-order valence-electron chi connectivity index (χ1n) is 24.1. The number of unbranched alkanes of at least 4 members (excludes halogenated alkanes) is 23. The molecule has 0 aliphatic rings. The van der Waals surface area contributed by atoms with Gasteiger partial charge in [-0.3, -0.25) is 14.3 Å². The van der Waals surface area contributed by atoms with Crippen molar-refractivity contribution < 1.29 is 24.2 Å². The molecule has 9 nitrogen and oxygen atoms in total. The van der Waals surface area contributed by atoms with Gasteiger partial charge >= 0.3 is 11.9 Å². The number of aryl methyl sites for hydroxylation is 1. The Morgan fingerprint density at radius 2 is 1.04 bits per heavy atom. The zero-order valence-corrected chi connectivity index (χ0v) is 37.1. The molecule has 0 fully saturated rings. The molecule has 0 bridgehead atoms. The highest BCUT2D eigenvalue weighted by Crippen LogP contribution is 2.18. The third-order valence-corrected chi connectivity index (χ3v) is 11.1. The molecule has 1 N–H and O–H groups in total. The van der Waals surface area contributed by atoms with Crippen molar-refractivity contribution >= 4 is 11.9 Å². The van der Waals surface area contributed by atoms with Crippen molar-refractivity contribution in [3.05, 3.63) is 11.9 Å². The summed E-state index contributed by atoms with van der Waals surface area (Å²) in [7, 11) is 0. The van der Waals surface area contributed by atoms with Crippen LogP contribution in [0.1, 0.15) is 238 Å². The number of hydrogen-bond donors (Lipinski definition) is 1. The average Bonchev–Trinajstić information content (AvgIpc) is 3.67. The smallest absolute Gasteiger partial charge is 0.306 e. The Labute approximate surface area is 345 Å². The number of hydrogen-bond acceptors (Lipinski definition) is 8. The van der Waals surface area contributed by atoms with Gasteiger partial charge < -0.3 is 19.5 Å². The molecule has 1 rings (SSSR count). The van der Waals surface area contributed by atoms with E-state index >= 15 is 0 Å². The summed E-state index contributed by atoms with van der Waals surface area (Å²) in [6.45, 7) is 11.2. The zero-order valence-electron chi connectivity index (χ0n) is 37.1. The lowest BCUT2D eigenvalue weighted by Gasteiger charge is -2.22. The Balaban J connectivity index is 2.30. The van der Waals surface area contributed by atoms with E-state index in [2.05, 4.69) is 36.0 Å². The highest BCUT2D eigenvalue weighted by Gasteiger charge is 2.14. The van der Waals surface area contributed by atoms with Crippen molar-refractivity contribution in [1.29, 1.82) is 0 Å². The molecule has 0 aliphatic heterocycles. The average molecular weight is 791 g/mol. The van der Waals surface area contributed by atoms with Crippen LogP contribution in [0.5, 0.6) is 0 Å². The van der Waals surface area contributed by atoms with Crippen LogP contribution in [0.3, 0.4) is 0 Å². The number of aliphatic hydroxyl groups excluding tert-OH is 1. The normalized spacial score (nSPS) is 12.1. The van der Waals surface area contributed by atoms with E-state index in [1.807, 2.05) is 10.9 Å². The number of aliphatic hydroxyl groups is 1. The van der Waals surface area contributed by atoms with Gasteiger partial charge in [0, 0.05) is 19.4 Å². The molecule has 0 aromatic carbocycles. The van der Waals surface area contributed by atoms with Crippen molar-refractivity contribution in [2.45, 2.75) is 252 Å². The fraction of sp³-hybridized carbons (Fsp3) is 0.915. The second kappa shape index (κ2) is 39.8. The summed E-state index contributed by atoms with van der Waals surface area (Å²) in [5, 5.41) is 17.5. The number of nitrogens with zero attached hydrogens (tertiary/aromatic N) is 4. The summed E-state index contributed by atoms with van der Waals surface area (Å²) in [5.74, 6) is -0.0190. The van der Waals surface area contributed by atoms with E-state index in [-0.39, 0.29) is 24.6 Å². The molecule has 0 radical (unpaired) electrons. The second-order valence-electron chi connectivity index (χ2n) is 16.6. The maximum absolute atomic E-state index is 12.8. The molecule has 1 aromatic heterocycles. The van der Waals surface area contributed by atoms with Gasteiger partial charge in [0.05, 0.1) is 19.4 Å². The minimum atomic E-state index is -0.0767. The molecule has 1 aromatic rings. The molecule has 328 valence electrons. The molecule has 0 amide bonds. The molecule has 56 heavy (non-hydrogen) atoms. The first-order valence-corrected chi connectivity index (χ1v) is 24.1. The lowest BCUT2D eigenvalue weighted by atomic mass is 10.0. The molecule has 0 aliphatic carbocycles. The minimum absolute atomic E-state index is 0.0120. The third-order valence-electron chi connectivity index (χ3n) is 11.1. The molecule has 0 spiro atoms. The Kier molecular flexibility index (Phi) is 37.0. The second-order valence-corrected chi connectivity index (χ2v) is 16.6. The Bertz CT molecular complexity index is 1000. The van der Waals surface area contributed by atoms with Gasteiger partial charge in [0.25, 0.3) is 0 Å². The summed E-state index contributed by atoms with van der Waals surface area (Å²) >= 11 is 0. The first-order chi connectivity index (χ1) is 27.5. The van der Waals surface area contributed by atoms with Crippen molar-refractivity contribution in [3.8, 4) is 0 Å². The Morgan fingerprint density at radius 3 is 1.55 bits per heavy atom. The van der Waals surface area contributed by atoms with Crippen molar-refractivity contribution in [2.24, 2.45) is 0 Å². The van der Waals surface area contributed by atoms with Gasteiger partial charge in [0.1, 0.15) is 11.8 Å². The summed E-state index contributed by atoms with van der Waals surface area (Å²) in [6.07, 6.45) is 39.7. The van der Waals surface area contributed by atoms with Gasteiger partial charge in [-0.05, 0) is 83.8 Å². The van der Waals surface area contributed by atoms with E-state index in [0.717, 1.165) is 96.8 Å². The van der Waals surface area contributed by atoms with E-state index < -0.39 is 0 Å². The van der Waals surface area contributed by atoms with Crippen LogP contribution in [-0.4, -0.2) is 69.3 Å². The van der Waals surface area contributed by atoms with Crippen LogP contribution in [0.25, 0.3) is 0 Å². The van der Waals surface area contributed by atoms with Gasteiger partial charge in [0.15, 0.2) is 0 Å². The molecule has 1 heterocycles. The molecular formula is C47H90N4O5. The van der Waals surface area contributed by atoms with Crippen LogP contribution in [-0.2, 0) is 32.2 Å². The number of aromatic nitrogens is 3. The largest absolute Gasteiger partial charge is 0.466 e. The highest BCUT2D eigenvalue weighted by molar-refractivity contribution is 5.69. The lowest BCUT2D eigenvalue weighted by molar-refractivity contribution is -0.150. The van der Waals surface area contributed by atoms with Gasteiger partial charge in [-0.15, -0.1) is 5.10 Å². The summed E-state index contributed by atoms with van der Waals surface area (Å²) in [5.41, 5.74) is 0.613. The van der Waals surface area contributed by atoms with Crippen LogP contribution in [0.15, 0.2) is 6.20 Å². The minimum Gasteiger partial charge on any atom is -0.466 e. The first kappa shape index (κ1) is 52.0. The van der Waals surface area contributed by atoms with Crippen LogP contribution in [0.2, 0.25) is 0 Å². The van der Waals surface area contributed by atoms with E-state index in [0.29, 0.717) is 25.1 Å². The summed E-state index contributed by atoms with van der Waals surface area (Å²) < 4.78 is 13.3. The monoisotopic (exact) mass is 791 g/mol. The van der Waals surface area contributed by atoms with Crippen LogP contribution < -0.4 is 0 Å². The predicted molar refractivity (Wildman–Crippen MR) is 233 cm³/mol. The molecule has 1 atom stereocenters. The standard InChI is InChI=1S/C47H90N4O5/c1-4-7-10-13-15-24-31-41-55-46(53)35-27-20-16-22-29-37-50(39-32-40-51-42-44(43-52)48-49-51)38-30-23-17-21-28-36-47(54)56-45(33-25-18-12-9-6-3)34-26-19-14-11-8-5-2/h42,45,52H,4-41,43H2,1-3H3.